The summed E-state index contributed by atoms with van der Waals surface area (Å²) in [7, 11) is 0. The van der Waals surface area contributed by atoms with Gasteiger partial charge >= 0.3 is 0 Å². The monoisotopic (exact) mass is 230 g/mol. The van der Waals surface area contributed by atoms with Gasteiger partial charge in [0.25, 0.3) is 0 Å². The second-order valence-corrected chi connectivity index (χ2v) is 5.03. The maximum Gasteiger partial charge on any atom is 0.0721 e. The molecule has 1 fully saturated rings. The lowest BCUT2D eigenvalue weighted by Crippen LogP contribution is -2.30. The van der Waals surface area contributed by atoms with Crippen LogP contribution in [0.4, 0.5) is 0 Å². The van der Waals surface area contributed by atoms with Crippen LogP contribution in [-0.4, -0.2) is 17.8 Å². The highest BCUT2D eigenvalue weighted by atomic mass is 16.5. The van der Waals surface area contributed by atoms with Crippen molar-refractivity contribution in [2.45, 2.75) is 25.6 Å². The molecular formula is C15H18O2. The van der Waals surface area contributed by atoms with E-state index < -0.39 is 0 Å². The van der Waals surface area contributed by atoms with Crippen molar-refractivity contribution in [1.82, 2.24) is 0 Å². The van der Waals surface area contributed by atoms with E-state index in [1.54, 1.807) is 0 Å². The normalized spacial score (nSPS) is 30.6. The molecule has 2 aliphatic rings. The summed E-state index contributed by atoms with van der Waals surface area (Å²) in [6.07, 6.45) is 4.66. The van der Waals surface area contributed by atoms with E-state index in [2.05, 4.69) is 18.2 Å². The smallest absolute Gasteiger partial charge is 0.0721 e. The molecule has 2 nitrogen and oxygen atoms in total. The molecule has 0 aromatic heterocycles. The van der Waals surface area contributed by atoms with Crippen molar-refractivity contribution in [3.8, 4) is 0 Å². The van der Waals surface area contributed by atoms with Gasteiger partial charge < -0.3 is 9.84 Å². The van der Waals surface area contributed by atoms with Gasteiger partial charge in [-0.25, -0.2) is 0 Å². The molecule has 1 N–H and O–H groups in total. The second kappa shape index (κ2) is 4.63. The van der Waals surface area contributed by atoms with E-state index in [4.69, 9.17) is 4.74 Å². The zero-order valence-electron chi connectivity index (χ0n) is 9.88. The predicted octanol–water partition coefficient (Wildman–Crippen LogP) is 2.53. The maximum absolute atomic E-state index is 9.39. The molecule has 0 spiro atoms. The third kappa shape index (κ3) is 2.28. The number of ether oxygens (including phenoxy) is 1. The number of allylic oxidation sites excluding steroid dienone is 1. The molecule has 0 amide bonds. The average Bonchev–Trinajstić information content (AvgIpc) is 3.16. The number of benzene rings is 1. The molecule has 2 aliphatic carbocycles. The fourth-order valence-corrected chi connectivity index (χ4v) is 2.72. The molecule has 2 heteroatoms. The lowest BCUT2D eigenvalue weighted by Gasteiger charge is -2.27. The van der Waals surface area contributed by atoms with E-state index >= 15 is 0 Å². The van der Waals surface area contributed by atoms with Gasteiger partial charge in [0.15, 0.2) is 0 Å². The van der Waals surface area contributed by atoms with Crippen LogP contribution in [0.2, 0.25) is 0 Å². The van der Waals surface area contributed by atoms with Crippen molar-refractivity contribution in [2.75, 3.05) is 6.61 Å². The minimum absolute atomic E-state index is 0.222. The van der Waals surface area contributed by atoms with Gasteiger partial charge in [-0.2, -0.15) is 0 Å². The van der Waals surface area contributed by atoms with Gasteiger partial charge in [0, 0.05) is 18.4 Å². The van der Waals surface area contributed by atoms with Crippen molar-refractivity contribution >= 4 is 0 Å². The topological polar surface area (TPSA) is 29.5 Å². The van der Waals surface area contributed by atoms with Crippen molar-refractivity contribution in [3.63, 3.8) is 0 Å². The molecule has 0 heterocycles. The molecular weight excluding hydrogens is 212 g/mol. The van der Waals surface area contributed by atoms with Crippen LogP contribution < -0.4 is 0 Å². The van der Waals surface area contributed by atoms with E-state index in [1.807, 2.05) is 18.2 Å². The van der Waals surface area contributed by atoms with Gasteiger partial charge in [0.05, 0.1) is 12.7 Å². The zero-order chi connectivity index (χ0) is 11.7. The first-order valence-corrected chi connectivity index (χ1v) is 6.34. The molecule has 90 valence electrons. The van der Waals surface area contributed by atoms with Gasteiger partial charge in [-0.1, -0.05) is 42.0 Å². The first kappa shape index (κ1) is 11.0. The van der Waals surface area contributed by atoms with Gasteiger partial charge in [-0.15, -0.1) is 0 Å². The Hall–Kier alpha value is -1.12. The molecule has 1 saturated carbocycles. The standard InChI is InChI=1S/C15H18O2/c16-9-13-7-6-12-8-14(12)15(13)17-10-11-4-2-1-3-5-11/h1-6,13-16H,7-10H2. The van der Waals surface area contributed by atoms with Crippen LogP contribution in [0.25, 0.3) is 0 Å². The summed E-state index contributed by atoms with van der Waals surface area (Å²) < 4.78 is 6.03. The number of aliphatic hydroxyl groups excluding tert-OH is 1. The lowest BCUT2D eigenvalue weighted by atomic mass is 9.91. The van der Waals surface area contributed by atoms with Crippen LogP contribution in [0.1, 0.15) is 18.4 Å². The van der Waals surface area contributed by atoms with E-state index in [1.165, 1.54) is 17.6 Å². The summed E-state index contributed by atoms with van der Waals surface area (Å²) in [6.45, 7) is 0.894. The molecule has 17 heavy (non-hydrogen) atoms. The summed E-state index contributed by atoms with van der Waals surface area (Å²) in [5.41, 5.74) is 2.74. The van der Waals surface area contributed by atoms with Crippen molar-refractivity contribution in [2.24, 2.45) is 11.8 Å². The van der Waals surface area contributed by atoms with E-state index in [9.17, 15) is 5.11 Å². The van der Waals surface area contributed by atoms with Gasteiger partial charge in [-0.3, -0.25) is 0 Å². The summed E-state index contributed by atoms with van der Waals surface area (Å²) in [5, 5.41) is 9.39. The maximum atomic E-state index is 9.39. The van der Waals surface area contributed by atoms with Gasteiger partial charge in [0.1, 0.15) is 0 Å². The quantitative estimate of drug-likeness (QED) is 0.805. The molecule has 1 aromatic carbocycles. The Kier molecular flexibility index (Phi) is 3.00. The zero-order valence-corrected chi connectivity index (χ0v) is 9.88. The summed E-state index contributed by atoms with van der Waals surface area (Å²) >= 11 is 0. The average molecular weight is 230 g/mol. The molecule has 3 rings (SSSR count). The van der Waals surface area contributed by atoms with Crippen LogP contribution in [0.3, 0.4) is 0 Å². The van der Waals surface area contributed by atoms with Gasteiger partial charge in [0.2, 0.25) is 0 Å². The molecule has 3 unspecified atom stereocenters. The fourth-order valence-electron chi connectivity index (χ4n) is 2.72. The minimum atomic E-state index is 0.222. The Bertz CT molecular complexity index is 410. The van der Waals surface area contributed by atoms with Crippen molar-refractivity contribution < 1.29 is 9.84 Å². The largest absolute Gasteiger partial charge is 0.396 e. The third-order valence-corrected chi connectivity index (χ3v) is 3.84. The van der Waals surface area contributed by atoms with Crippen molar-refractivity contribution in [1.29, 1.82) is 0 Å². The Labute approximate surface area is 102 Å². The molecule has 0 radical (unpaired) electrons. The number of hydrogen-bond acceptors (Lipinski definition) is 2. The van der Waals surface area contributed by atoms with E-state index in [-0.39, 0.29) is 18.6 Å². The predicted molar refractivity (Wildman–Crippen MR) is 66.4 cm³/mol. The van der Waals surface area contributed by atoms with Crippen LogP contribution >= 0.6 is 0 Å². The Morgan fingerprint density at radius 3 is 2.82 bits per heavy atom. The summed E-state index contributed by atoms with van der Waals surface area (Å²) in [4.78, 5) is 0. The molecule has 0 aliphatic heterocycles. The van der Waals surface area contributed by atoms with E-state index in [0.717, 1.165) is 6.42 Å². The van der Waals surface area contributed by atoms with Crippen LogP contribution in [0.5, 0.6) is 0 Å². The van der Waals surface area contributed by atoms with E-state index in [0.29, 0.717) is 12.5 Å². The van der Waals surface area contributed by atoms with Gasteiger partial charge in [-0.05, 0) is 18.4 Å². The number of aliphatic hydroxyl groups is 1. The minimum Gasteiger partial charge on any atom is -0.396 e. The highest BCUT2D eigenvalue weighted by Gasteiger charge is 2.44. The van der Waals surface area contributed by atoms with Crippen LogP contribution in [-0.2, 0) is 11.3 Å². The summed E-state index contributed by atoms with van der Waals surface area (Å²) in [5.74, 6) is 0.875. The first-order chi connectivity index (χ1) is 8.38. The van der Waals surface area contributed by atoms with Crippen molar-refractivity contribution in [3.05, 3.63) is 47.5 Å². The third-order valence-electron chi connectivity index (χ3n) is 3.84. The SMILES string of the molecule is OCC1CC=C2CC2C1OCc1ccccc1. The molecule has 3 atom stereocenters. The first-order valence-electron chi connectivity index (χ1n) is 6.34. The number of rotatable bonds is 4. The summed E-state index contributed by atoms with van der Waals surface area (Å²) in [6, 6.07) is 10.3. The lowest BCUT2D eigenvalue weighted by molar-refractivity contribution is -0.0287. The molecule has 1 aromatic rings. The Morgan fingerprint density at radius 2 is 2.06 bits per heavy atom. The second-order valence-electron chi connectivity index (χ2n) is 5.03. The number of hydrogen-bond donors (Lipinski definition) is 1. The molecule has 0 saturated heterocycles. The van der Waals surface area contributed by atoms with Crippen LogP contribution in [0, 0.1) is 11.8 Å². The highest BCUT2D eigenvalue weighted by Crippen LogP contribution is 2.48. The Balaban J connectivity index is 1.63. The highest BCUT2D eigenvalue weighted by molar-refractivity contribution is 5.29. The number of fused-ring (bicyclic) bond motifs is 1. The molecule has 0 bridgehead atoms. The fraction of sp³-hybridized carbons (Fsp3) is 0.467. The van der Waals surface area contributed by atoms with Crippen LogP contribution in [0.15, 0.2) is 42.0 Å². The Morgan fingerprint density at radius 1 is 1.24 bits per heavy atom.